The molecule has 6 rings (SSSR count). The Morgan fingerprint density at radius 1 is 0.973 bits per heavy atom. The summed E-state index contributed by atoms with van der Waals surface area (Å²) in [4.78, 5) is 0. The van der Waals surface area contributed by atoms with Crippen LogP contribution in [-0.4, -0.2) is 20.4 Å². The number of aromatic nitrogens is 1. The Labute approximate surface area is 219 Å². The zero-order chi connectivity index (χ0) is 25.4. The molecule has 4 aromatic rings. The lowest BCUT2D eigenvalue weighted by molar-refractivity contribution is -0.686. The summed E-state index contributed by atoms with van der Waals surface area (Å²) in [5, 5.41) is 6.20. The highest BCUT2D eigenvalue weighted by atomic mass is 16.7. The summed E-state index contributed by atoms with van der Waals surface area (Å²) in [5.41, 5.74) is 8.85. The molecule has 0 saturated heterocycles. The van der Waals surface area contributed by atoms with E-state index in [9.17, 15) is 0 Å². The first-order chi connectivity index (χ1) is 18.2. The van der Waals surface area contributed by atoms with Crippen molar-refractivity contribution in [1.29, 1.82) is 0 Å². The molecule has 0 atom stereocenters. The third-order valence-corrected chi connectivity index (χ3v) is 7.67. The van der Waals surface area contributed by atoms with Crippen LogP contribution in [0.25, 0.3) is 22.0 Å². The summed E-state index contributed by atoms with van der Waals surface area (Å²) in [6, 6.07) is 17.6. The van der Waals surface area contributed by atoms with E-state index in [1.54, 1.807) is 7.11 Å². The molecule has 0 radical (unpaired) electrons. The molecular weight excluding hydrogens is 460 g/mol. The van der Waals surface area contributed by atoms with Gasteiger partial charge in [0.15, 0.2) is 24.2 Å². The fraction of sp³-hybridized carbons (Fsp3) is 0.344. The number of pyridine rings is 1. The fourth-order valence-corrected chi connectivity index (χ4v) is 5.69. The molecule has 190 valence electrons. The van der Waals surface area contributed by atoms with Crippen molar-refractivity contribution in [1.82, 2.24) is 0 Å². The number of ether oxygens (including phenoxy) is 3. The predicted octanol–water partition coefficient (Wildman–Crippen LogP) is 6.59. The monoisotopic (exact) mass is 495 g/mol. The lowest BCUT2D eigenvalue weighted by atomic mass is 9.88. The highest BCUT2D eigenvalue weighted by Crippen LogP contribution is 2.43. The van der Waals surface area contributed by atoms with Gasteiger partial charge >= 0.3 is 0 Å². The lowest BCUT2D eigenvalue weighted by Gasteiger charge is -2.22. The standard InChI is InChI=1S/C32H34N2O3/c1-4-5-6-14-33-31-27-19-34-15-13-23-17-29-30(37-20-36-29)18-25(23)32(34)26(24(27)11-12-28(31)35-3)16-22-9-7-21(2)8-10-22/h7-12,17-19H,4-6,13-16,20H2,1-3H3/p+1. The van der Waals surface area contributed by atoms with Gasteiger partial charge in [-0.3, -0.25) is 0 Å². The summed E-state index contributed by atoms with van der Waals surface area (Å²) in [6.07, 6.45) is 7.70. The third-order valence-electron chi connectivity index (χ3n) is 7.67. The molecule has 5 nitrogen and oxygen atoms in total. The Kier molecular flexibility index (Phi) is 6.37. The summed E-state index contributed by atoms with van der Waals surface area (Å²) in [6.45, 7) is 6.53. The van der Waals surface area contributed by atoms with Crippen LogP contribution in [0.15, 0.2) is 54.7 Å². The number of unbranched alkanes of at least 4 members (excludes halogenated alkanes) is 2. The van der Waals surface area contributed by atoms with Gasteiger partial charge in [0.05, 0.1) is 23.7 Å². The van der Waals surface area contributed by atoms with E-state index in [-0.39, 0.29) is 0 Å². The first-order valence-corrected chi connectivity index (χ1v) is 13.4. The van der Waals surface area contributed by atoms with E-state index in [4.69, 9.17) is 14.2 Å². The normalized spacial score (nSPS) is 13.4. The number of nitrogens with zero attached hydrogens (tertiary/aromatic N) is 1. The Balaban J connectivity index is 1.57. The Morgan fingerprint density at radius 2 is 1.78 bits per heavy atom. The van der Waals surface area contributed by atoms with E-state index in [0.717, 1.165) is 55.3 Å². The van der Waals surface area contributed by atoms with Gasteiger partial charge in [-0.05, 0) is 48.7 Å². The summed E-state index contributed by atoms with van der Waals surface area (Å²) in [5.74, 6) is 2.59. The van der Waals surface area contributed by atoms with Crippen LogP contribution in [0.2, 0.25) is 0 Å². The topological polar surface area (TPSA) is 43.6 Å². The van der Waals surface area contributed by atoms with Crippen molar-refractivity contribution < 1.29 is 18.8 Å². The second-order valence-corrected chi connectivity index (χ2v) is 10.2. The second-order valence-electron chi connectivity index (χ2n) is 10.2. The maximum Gasteiger partial charge on any atom is 0.231 e. The molecule has 1 aromatic heterocycles. The van der Waals surface area contributed by atoms with Gasteiger partial charge in [-0.2, -0.15) is 4.57 Å². The molecule has 0 aliphatic carbocycles. The number of nitrogens with one attached hydrogen (secondary N) is 1. The summed E-state index contributed by atoms with van der Waals surface area (Å²) >= 11 is 0. The van der Waals surface area contributed by atoms with Gasteiger partial charge in [0.2, 0.25) is 12.5 Å². The Bertz CT molecular complexity index is 1460. The molecular formula is C32H35N2O3+. The molecule has 0 amide bonds. The molecule has 0 saturated carbocycles. The van der Waals surface area contributed by atoms with Gasteiger partial charge in [0.1, 0.15) is 5.75 Å². The second kappa shape index (κ2) is 9.97. The van der Waals surface area contributed by atoms with Gasteiger partial charge in [0, 0.05) is 30.3 Å². The zero-order valence-corrected chi connectivity index (χ0v) is 22.0. The van der Waals surface area contributed by atoms with E-state index in [0.29, 0.717) is 6.79 Å². The maximum absolute atomic E-state index is 5.83. The Morgan fingerprint density at radius 3 is 2.57 bits per heavy atom. The number of hydrogen-bond donors (Lipinski definition) is 1. The van der Waals surface area contributed by atoms with Crippen molar-refractivity contribution >= 4 is 16.5 Å². The van der Waals surface area contributed by atoms with Crippen molar-refractivity contribution in [2.24, 2.45) is 0 Å². The van der Waals surface area contributed by atoms with Crippen LogP contribution in [0, 0.1) is 6.92 Å². The first kappa shape index (κ1) is 23.7. The number of aryl methyl sites for hydroxylation is 3. The fourth-order valence-electron chi connectivity index (χ4n) is 5.69. The van der Waals surface area contributed by atoms with E-state index in [1.807, 2.05) is 0 Å². The van der Waals surface area contributed by atoms with Gasteiger partial charge in [-0.1, -0.05) is 49.6 Å². The van der Waals surface area contributed by atoms with Crippen molar-refractivity contribution in [3.63, 3.8) is 0 Å². The number of hydrogen-bond acceptors (Lipinski definition) is 4. The predicted molar refractivity (Wildman–Crippen MR) is 148 cm³/mol. The molecule has 0 bridgehead atoms. The number of fused-ring (bicyclic) bond motifs is 5. The number of benzene rings is 3. The number of anilines is 1. The summed E-state index contributed by atoms with van der Waals surface area (Å²) in [7, 11) is 1.76. The average Bonchev–Trinajstić information content (AvgIpc) is 3.38. The molecule has 2 aliphatic heterocycles. The van der Waals surface area contributed by atoms with E-state index < -0.39 is 0 Å². The van der Waals surface area contributed by atoms with Crippen molar-refractivity contribution in [2.75, 3.05) is 25.8 Å². The number of rotatable bonds is 8. The SMILES string of the molecule is CCCCCNc1c(OC)ccc2c(Cc3ccc(C)cc3)c3[n+](cc12)CCc1cc2c(cc1-3)OCO2. The molecule has 5 heteroatoms. The minimum atomic E-state index is 0.291. The van der Waals surface area contributed by atoms with Crippen LogP contribution >= 0.6 is 0 Å². The molecule has 2 aliphatic rings. The first-order valence-electron chi connectivity index (χ1n) is 13.4. The third kappa shape index (κ3) is 4.37. The van der Waals surface area contributed by atoms with Crippen LogP contribution in [0.3, 0.4) is 0 Å². The van der Waals surface area contributed by atoms with Crippen LogP contribution in [0.1, 0.15) is 48.4 Å². The van der Waals surface area contributed by atoms with Gasteiger partial charge in [-0.25, -0.2) is 0 Å². The highest BCUT2D eigenvalue weighted by Gasteiger charge is 2.32. The summed E-state index contributed by atoms with van der Waals surface area (Å²) < 4.78 is 19.8. The Hall–Kier alpha value is -3.73. The minimum Gasteiger partial charge on any atom is -0.495 e. The molecule has 0 spiro atoms. The largest absolute Gasteiger partial charge is 0.495 e. The van der Waals surface area contributed by atoms with Crippen LogP contribution in [-0.2, 0) is 19.4 Å². The highest BCUT2D eigenvalue weighted by molar-refractivity contribution is 6.00. The minimum absolute atomic E-state index is 0.291. The van der Waals surface area contributed by atoms with E-state index >= 15 is 0 Å². The average molecular weight is 496 g/mol. The molecule has 37 heavy (non-hydrogen) atoms. The van der Waals surface area contributed by atoms with Crippen molar-refractivity contribution in [3.8, 4) is 28.5 Å². The van der Waals surface area contributed by atoms with Crippen LogP contribution in [0.4, 0.5) is 5.69 Å². The molecule has 3 aromatic carbocycles. The maximum atomic E-state index is 5.83. The smallest absolute Gasteiger partial charge is 0.231 e. The lowest BCUT2D eigenvalue weighted by Crippen LogP contribution is -2.41. The van der Waals surface area contributed by atoms with E-state index in [2.05, 4.69) is 78.5 Å². The van der Waals surface area contributed by atoms with Gasteiger partial charge < -0.3 is 19.5 Å². The zero-order valence-electron chi connectivity index (χ0n) is 22.0. The molecule has 1 N–H and O–H groups in total. The van der Waals surface area contributed by atoms with Crippen molar-refractivity contribution in [3.05, 3.63) is 77.0 Å². The van der Waals surface area contributed by atoms with E-state index in [1.165, 1.54) is 57.1 Å². The quantitative estimate of drug-likeness (QED) is 0.221. The van der Waals surface area contributed by atoms with Crippen molar-refractivity contribution in [2.45, 2.75) is 52.5 Å². The number of methoxy groups -OCH3 is 1. The van der Waals surface area contributed by atoms with Gasteiger partial charge in [-0.15, -0.1) is 0 Å². The van der Waals surface area contributed by atoms with Gasteiger partial charge in [0.25, 0.3) is 0 Å². The molecule has 0 unspecified atom stereocenters. The van der Waals surface area contributed by atoms with Crippen LogP contribution in [0.5, 0.6) is 17.2 Å². The molecule has 3 heterocycles. The van der Waals surface area contributed by atoms with Crippen LogP contribution < -0.4 is 24.1 Å². The molecule has 0 fully saturated rings.